The molecule has 0 bridgehead atoms. The number of likely N-dealkylation sites (N-methyl/N-ethyl adjacent to an activating group) is 1. The molecule has 5 nitrogen and oxygen atoms in total. The third kappa shape index (κ3) is 5.52. The van der Waals surface area contributed by atoms with Crippen LogP contribution in [0.25, 0.3) is 6.08 Å². The molecule has 0 atom stereocenters. The number of carbonyl (C=O) groups is 2. The Morgan fingerprint density at radius 3 is 2.50 bits per heavy atom. The molecule has 0 aliphatic carbocycles. The maximum absolute atomic E-state index is 13.2. The van der Waals surface area contributed by atoms with E-state index in [1.54, 1.807) is 4.90 Å². The van der Waals surface area contributed by atoms with Crippen LogP contribution in [-0.4, -0.2) is 49.4 Å². The normalized spacial score (nSPS) is 14.9. The van der Waals surface area contributed by atoms with Crippen LogP contribution < -0.4 is 10.2 Å². The Kier molecular flexibility index (Phi) is 7.71. The van der Waals surface area contributed by atoms with Crippen molar-refractivity contribution in [3.8, 4) is 0 Å². The first-order chi connectivity index (χ1) is 14.5. The molecule has 1 heterocycles. The van der Waals surface area contributed by atoms with Gasteiger partial charge in [-0.25, -0.2) is 0 Å². The molecule has 6 heteroatoms. The Bertz CT molecular complexity index is 920. The summed E-state index contributed by atoms with van der Waals surface area (Å²) in [5.41, 5.74) is 2.93. The van der Waals surface area contributed by atoms with Gasteiger partial charge in [0.05, 0.1) is 10.6 Å². The fourth-order valence-electron chi connectivity index (χ4n) is 3.33. The van der Waals surface area contributed by atoms with Crippen molar-refractivity contribution in [2.75, 3.05) is 37.6 Å². The van der Waals surface area contributed by atoms with E-state index < -0.39 is 0 Å². The monoisotopic (exact) mass is 423 g/mol. The first-order valence-electron chi connectivity index (χ1n) is 10.4. The van der Waals surface area contributed by atoms with E-state index in [0.29, 0.717) is 11.4 Å². The number of carbonyl (C=O) groups excluding carboxylic acids is 2. The lowest BCUT2D eigenvalue weighted by Gasteiger charge is -2.30. The lowest BCUT2D eigenvalue weighted by atomic mass is 10.1. The SMILES string of the molecule is CCN(CC)CCNC(=O)CN1C(=O)C(=Cc2ccc(C)cc2)Sc2ccccc21. The average molecular weight is 424 g/mol. The van der Waals surface area contributed by atoms with Crippen molar-refractivity contribution in [1.82, 2.24) is 10.2 Å². The molecule has 1 aliphatic heterocycles. The molecule has 2 aromatic carbocycles. The second-order valence-electron chi connectivity index (χ2n) is 7.26. The van der Waals surface area contributed by atoms with Crippen LogP contribution in [0.3, 0.4) is 0 Å². The molecule has 1 N–H and O–H groups in total. The Labute approximate surface area is 183 Å². The zero-order chi connectivity index (χ0) is 21.5. The van der Waals surface area contributed by atoms with Crippen molar-refractivity contribution in [1.29, 1.82) is 0 Å². The van der Waals surface area contributed by atoms with Crippen LogP contribution in [0, 0.1) is 6.92 Å². The van der Waals surface area contributed by atoms with Gasteiger partial charge in [-0.05, 0) is 43.8 Å². The number of para-hydroxylation sites is 1. The lowest BCUT2D eigenvalue weighted by Crippen LogP contribution is -2.44. The van der Waals surface area contributed by atoms with Gasteiger partial charge in [-0.1, -0.05) is 67.6 Å². The smallest absolute Gasteiger partial charge is 0.265 e. The van der Waals surface area contributed by atoms with Gasteiger partial charge in [-0.15, -0.1) is 0 Å². The predicted molar refractivity (Wildman–Crippen MR) is 125 cm³/mol. The van der Waals surface area contributed by atoms with Gasteiger partial charge in [0.1, 0.15) is 6.54 Å². The summed E-state index contributed by atoms with van der Waals surface area (Å²) in [6.07, 6.45) is 1.90. The molecule has 0 saturated carbocycles. The van der Waals surface area contributed by atoms with Crippen molar-refractivity contribution >= 4 is 35.3 Å². The van der Waals surface area contributed by atoms with E-state index in [1.807, 2.05) is 61.5 Å². The summed E-state index contributed by atoms with van der Waals surface area (Å²) in [6, 6.07) is 15.8. The largest absolute Gasteiger partial charge is 0.353 e. The molecule has 0 radical (unpaired) electrons. The zero-order valence-corrected chi connectivity index (χ0v) is 18.7. The number of anilines is 1. The van der Waals surface area contributed by atoms with E-state index in [-0.39, 0.29) is 18.4 Å². The van der Waals surface area contributed by atoms with Gasteiger partial charge in [0, 0.05) is 18.0 Å². The lowest BCUT2D eigenvalue weighted by molar-refractivity contribution is -0.122. The molecule has 0 saturated heterocycles. The molecule has 3 rings (SSSR count). The number of hydrogen-bond donors (Lipinski definition) is 1. The third-order valence-corrected chi connectivity index (χ3v) is 6.23. The highest BCUT2D eigenvalue weighted by Crippen LogP contribution is 2.41. The van der Waals surface area contributed by atoms with Crippen LogP contribution in [0.4, 0.5) is 5.69 Å². The highest BCUT2D eigenvalue weighted by molar-refractivity contribution is 8.04. The first-order valence-corrected chi connectivity index (χ1v) is 11.2. The summed E-state index contributed by atoms with van der Waals surface area (Å²) in [5, 5.41) is 2.95. The maximum Gasteiger partial charge on any atom is 0.265 e. The molecule has 2 aromatic rings. The summed E-state index contributed by atoms with van der Waals surface area (Å²) in [4.78, 5) is 31.2. The zero-order valence-electron chi connectivity index (χ0n) is 17.9. The van der Waals surface area contributed by atoms with E-state index in [0.717, 1.165) is 35.8 Å². The average Bonchev–Trinajstić information content (AvgIpc) is 2.75. The number of amides is 2. The van der Waals surface area contributed by atoms with Gasteiger partial charge in [0.2, 0.25) is 5.91 Å². The van der Waals surface area contributed by atoms with Crippen molar-refractivity contribution in [2.45, 2.75) is 25.7 Å². The summed E-state index contributed by atoms with van der Waals surface area (Å²) >= 11 is 1.45. The quantitative estimate of drug-likeness (QED) is 0.654. The van der Waals surface area contributed by atoms with Crippen molar-refractivity contribution in [3.05, 3.63) is 64.6 Å². The number of fused-ring (bicyclic) bond motifs is 1. The van der Waals surface area contributed by atoms with Gasteiger partial charge in [-0.3, -0.25) is 14.5 Å². The number of benzene rings is 2. The molecule has 2 amide bonds. The molecular weight excluding hydrogens is 394 g/mol. The van der Waals surface area contributed by atoms with Crippen LogP contribution in [-0.2, 0) is 9.59 Å². The topological polar surface area (TPSA) is 52.7 Å². The maximum atomic E-state index is 13.2. The number of nitrogens with one attached hydrogen (secondary N) is 1. The molecule has 0 fully saturated rings. The van der Waals surface area contributed by atoms with E-state index in [1.165, 1.54) is 17.3 Å². The van der Waals surface area contributed by atoms with E-state index in [2.05, 4.69) is 24.1 Å². The Morgan fingerprint density at radius 2 is 1.80 bits per heavy atom. The summed E-state index contributed by atoms with van der Waals surface area (Å²) < 4.78 is 0. The van der Waals surface area contributed by atoms with Crippen LogP contribution in [0.5, 0.6) is 0 Å². The second-order valence-corrected chi connectivity index (χ2v) is 8.34. The highest BCUT2D eigenvalue weighted by atomic mass is 32.2. The number of aryl methyl sites for hydroxylation is 1. The number of rotatable bonds is 8. The van der Waals surface area contributed by atoms with Gasteiger partial charge in [0.15, 0.2) is 0 Å². The van der Waals surface area contributed by atoms with Crippen molar-refractivity contribution in [2.24, 2.45) is 0 Å². The predicted octanol–water partition coefficient (Wildman–Crippen LogP) is 3.93. The highest BCUT2D eigenvalue weighted by Gasteiger charge is 2.30. The summed E-state index contributed by atoms with van der Waals surface area (Å²) in [7, 11) is 0. The van der Waals surface area contributed by atoms with E-state index in [4.69, 9.17) is 0 Å². The molecule has 1 aliphatic rings. The molecular formula is C24H29N3O2S. The van der Waals surface area contributed by atoms with Crippen molar-refractivity contribution in [3.63, 3.8) is 0 Å². The molecule has 0 unspecified atom stereocenters. The fourth-order valence-corrected chi connectivity index (χ4v) is 4.38. The fraction of sp³-hybridized carbons (Fsp3) is 0.333. The van der Waals surface area contributed by atoms with Crippen LogP contribution in [0.1, 0.15) is 25.0 Å². The second kappa shape index (κ2) is 10.5. The summed E-state index contributed by atoms with van der Waals surface area (Å²) in [5.74, 6) is -0.287. The van der Waals surface area contributed by atoms with E-state index in [9.17, 15) is 9.59 Å². The summed E-state index contributed by atoms with van der Waals surface area (Å²) in [6.45, 7) is 9.54. The van der Waals surface area contributed by atoms with Crippen LogP contribution in [0.15, 0.2) is 58.3 Å². The molecule has 0 aromatic heterocycles. The number of thioether (sulfide) groups is 1. The Hall–Kier alpha value is -2.57. The minimum atomic E-state index is -0.146. The Morgan fingerprint density at radius 1 is 1.10 bits per heavy atom. The number of nitrogens with zero attached hydrogens (tertiary/aromatic N) is 2. The van der Waals surface area contributed by atoms with E-state index >= 15 is 0 Å². The van der Waals surface area contributed by atoms with Crippen molar-refractivity contribution < 1.29 is 9.59 Å². The minimum absolute atomic E-state index is 0.0138. The Balaban J connectivity index is 1.76. The standard InChI is InChI=1S/C24H29N3O2S/c1-4-26(5-2)15-14-25-23(28)17-27-20-8-6-7-9-21(20)30-22(24(27)29)16-19-12-10-18(3)11-13-19/h6-13,16H,4-5,14-15,17H2,1-3H3,(H,25,28). The molecule has 158 valence electrons. The molecule has 30 heavy (non-hydrogen) atoms. The minimum Gasteiger partial charge on any atom is -0.353 e. The third-order valence-electron chi connectivity index (χ3n) is 5.15. The van der Waals surface area contributed by atoms with Crippen LogP contribution in [0.2, 0.25) is 0 Å². The van der Waals surface area contributed by atoms with Gasteiger partial charge in [0.25, 0.3) is 5.91 Å². The van der Waals surface area contributed by atoms with Gasteiger partial charge >= 0.3 is 0 Å². The van der Waals surface area contributed by atoms with Crippen LogP contribution >= 0.6 is 11.8 Å². The first kappa shape index (κ1) is 22.1. The molecule has 0 spiro atoms. The van der Waals surface area contributed by atoms with Gasteiger partial charge < -0.3 is 10.2 Å². The van der Waals surface area contributed by atoms with Gasteiger partial charge in [-0.2, -0.15) is 0 Å². The number of hydrogen-bond acceptors (Lipinski definition) is 4.